The molecular weight excluding hydrogens is 550 g/mol. The maximum Gasteiger partial charge on any atom is 0.338 e. The van der Waals surface area contributed by atoms with Crippen molar-refractivity contribution in [3.8, 4) is 22.8 Å². The highest BCUT2D eigenvalue weighted by atomic mass is 32.1. The predicted octanol–water partition coefficient (Wildman–Crippen LogP) is 3.98. The average Bonchev–Trinajstić information content (AvgIpc) is 3.56. The van der Waals surface area contributed by atoms with Crippen molar-refractivity contribution in [2.75, 3.05) is 20.8 Å². The highest BCUT2D eigenvalue weighted by Crippen LogP contribution is 2.36. The Morgan fingerprint density at radius 1 is 1.17 bits per heavy atom. The lowest BCUT2D eigenvalue weighted by atomic mass is 9.95. The zero-order chi connectivity index (χ0) is 29.3. The molecule has 0 spiro atoms. The number of hydrogen-bond acceptors (Lipinski definition) is 10. The topological polar surface area (TPSA) is 135 Å². The smallest absolute Gasteiger partial charge is 0.338 e. The normalized spacial score (nSPS) is 14.8. The van der Waals surface area contributed by atoms with Crippen LogP contribution in [0.3, 0.4) is 0 Å². The first-order valence-electron chi connectivity index (χ1n) is 12.5. The summed E-state index contributed by atoms with van der Waals surface area (Å²) < 4.78 is 23.7. The van der Waals surface area contributed by atoms with Crippen molar-refractivity contribution < 1.29 is 28.3 Å². The molecule has 4 aromatic rings. The summed E-state index contributed by atoms with van der Waals surface area (Å²) in [5.74, 6) is 0.836. The van der Waals surface area contributed by atoms with Gasteiger partial charge in [0.25, 0.3) is 11.2 Å². The van der Waals surface area contributed by atoms with Gasteiger partial charge in [-0.3, -0.25) is 19.5 Å². The molecule has 12 heteroatoms. The largest absolute Gasteiger partial charge is 0.497 e. The van der Waals surface area contributed by atoms with Gasteiger partial charge in [-0.05, 0) is 44.2 Å². The third-order valence-electron chi connectivity index (χ3n) is 6.52. The number of aromatic nitrogens is 1. The number of esters is 1. The number of methoxy groups -OCH3 is 2. The van der Waals surface area contributed by atoms with E-state index in [1.165, 1.54) is 24.9 Å². The first-order chi connectivity index (χ1) is 19.8. The van der Waals surface area contributed by atoms with Crippen molar-refractivity contribution in [3.63, 3.8) is 0 Å². The van der Waals surface area contributed by atoms with E-state index in [0.29, 0.717) is 37.9 Å². The zero-order valence-electron chi connectivity index (χ0n) is 22.6. The van der Waals surface area contributed by atoms with Crippen LogP contribution >= 0.6 is 11.3 Å². The van der Waals surface area contributed by atoms with Gasteiger partial charge in [-0.15, -0.1) is 0 Å². The van der Waals surface area contributed by atoms with E-state index in [1.807, 2.05) is 0 Å². The van der Waals surface area contributed by atoms with E-state index in [2.05, 4.69) is 4.99 Å². The van der Waals surface area contributed by atoms with Crippen LogP contribution in [0.2, 0.25) is 0 Å². The molecule has 0 radical (unpaired) electrons. The second-order valence-corrected chi connectivity index (χ2v) is 9.90. The SMILES string of the molecule is CCOC(=O)C1=C(C)N=c2s/c(=C/c3ccc(-c4ccc(OC)cc4[N+](=O)[O-])o3)c(=O)n2C1c1ccccc1OC. The molecule has 0 fully saturated rings. The van der Waals surface area contributed by atoms with Gasteiger partial charge >= 0.3 is 5.97 Å². The van der Waals surface area contributed by atoms with Crippen LogP contribution in [0.15, 0.2) is 80.1 Å². The number of rotatable bonds is 8. The second-order valence-electron chi connectivity index (χ2n) is 8.89. The maximum atomic E-state index is 13.8. The van der Waals surface area contributed by atoms with Crippen LogP contribution in [0.5, 0.6) is 11.5 Å². The molecule has 5 rings (SSSR count). The Morgan fingerprint density at radius 2 is 1.95 bits per heavy atom. The Balaban J connectivity index is 1.65. The Hall–Kier alpha value is -4.97. The van der Waals surface area contributed by atoms with E-state index < -0.39 is 22.5 Å². The lowest BCUT2D eigenvalue weighted by molar-refractivity contribution is -0.384. The van der Waals surface area contributed by atoms with Crippen LogP contribution in [0.4, 0.5) is 5.69 Å². The summed E-state index contributed by atoms with van der Waals surface area (Å²) in [6.45, 7) is 3.57. The Bertz CT molecular complexity index is 1880. The van der Waals surface area contributed by atoms with E-state index in [-0.39, 0.29) is 29.2 Å². The number of nitrogens with zero attached hydrogens (tertiary/aromatic N) is 3. The summed E-state index contributed by atoms with van der Waals surface area (Å²) in [5, 5.41) is 11.7. The molecule has 2 aromatic carbocycles. The molecule has 1 aliphatic rings. The zero-order valence-corrected chi connectivity index (χ0v) is 23.4. The number of thiazole rings is 1. The molecule has 0 bridgehead atoms. The van der Waals surface area contributed by atoms with Crippen LogP contribution in [-0.4, -0.2) is 36.3 Å². The molecular formula is C29H25N3O8S. The van der Waals surface area contributed by atoms with Crippen LogP contribution in [0.1, 0.15) is 31.2 Å². The molecule has 1 aliphatic heterocycles. The first-order valence-corrected chi connectivity index (χ1v) is 13.3. The van der Waals surface area contributed by atoms with Gasteiger partial charge in [-0.25, -0.2) is 9.79 Å². The number of carbonyl (C=O) groups excluding carboxylic acids is 1. The van der Waals surface area contributed by atoms with Gasteiger partial charge in [0.05, 0.1) is 53.2 Å². The molecule has 41 heavy (non-hydrogen) atoms. The number of benzene rings is 2. The van der Waals surface area contributed by atoms with Crippen molar-refractivity contribution in [3.05, 3.63) is 107 Å². The van der Waals surface area contributed by atoms with Crippen molar-refractivity contribution in [1.82, 2.24) is 4.57 Å². The molecule has 2 aromatic heterocycles. The lowest BCUT2D eigenvalue weighted by Gasteiger charge is -2.25. The highest BCUT2D eigenvalue weighted by Gasteiger charge is 2.35. The van der Waals surface area contributed by atoms with Gasteiger partial charge in [0.1, 0.15) is 29.1 Å². The number of para-hydroxylation sites is 1. The third-order valence-corrected chi connectivity index (χ3v) is 7.50. The molecule has 3 heterocycles. The fourth-order valence-electron chi connectivity index (χ4n) is 4.68. The predicted molar refractivity (Wildman–Crippen MR) is 151 cm³/mol. The van der Waals surface area contributed by atoms with Gasteiger partial charge in [-0.2, -0.15) is 0 Å². The molecule has 1 unspecified atom stereocenters. The van der Waals surface area contributed by atoms with E-state index in [1.54, 1.807) is 68.5 Å². The number of fused-ring (bicyclic) bond motifs is 1. The second kappa shape index (κ2) is 11.3. The molecule has 0 aliphatic carbocycles. The van der Waals surface area contributed by atoms with Crippen molar-refractivity contribution in [2.24, 2.45) is 4.99 Å². The van der Waals surface area contributed by atoms with Crippen LogP contribution in [0, 0.1) is 10.1 Å². The Labute approximate surface area is 237 Å². The van der Waals surface area contributed by atoms with E-state index in [9.17, 15) is 19.7 Å². The van der Waals surface area contributed by atoms with Gasteiger partial charge < -0.3 is 18.6 Å². The molecule has 0 amide bonds. The fraction of sp³-hybridized carbons (Fsp3) is 0.207. The van der Waals surface area contributed by atoms with Crippen LogP contribution in [0.25, 0.3) is 17.4 Å². The summed E-state index contributed by atoms with van der Waals surface area (Å²) in [6.07, 6.45) is 1.55. The summed E-state index contributed by atoms with van der Waals surface area (Å²) in [4.78, 5) is 43.0. The van der Waals surface area contributed by atoms with Gasteiger partial charge in [0.15, 0.2) is 4.80 Å². The lowest BCUT2D eigenvalue weighted by Crippen LogP contribution is -2.40. The summed E-state index contributed by atoms with van der Waals surface area (Å²) in [7, 11) is 2.94. The number of allylic oxidation sites excluding steroid dienone is 1. The molecule has 11 nitrogen and oxygen atoms in total. The average molecular weight is 576 g/mol. The maximum absolute atomic E-state index is 13.8. The fourth-order valence-corrected chi connectivity index (χ4v) is 5.71. The summed E-state index contributed by atoms with van der Waals surface area (Å²) >= 11 is 1.13. The quantitative estimate of drug-likeness (QED) is 0.175. The molecule has 0 N–H and O–H groups in total. The van der Waals surface area contributed by atoms with Gasteiger partial charge in [0, 0.05) is 11.6 Å². The van der Waals surface area contributed by atoms with Crippen molar-refractivity contribution >= 4 is 29.1 Å². The highest BCUT2D eigenvalue weighted by molar-refractivity contribution is 7.07. The molecule has 210 valence electrons. The van der Waals surface area contributed by atoms with Gasteiger partial charge in [-0.1, -0.05) is 29.5 Å². The minimum atomic E-state index is -0.835. The van der Waals surface area contributed by atoms with E-state index in [4.69, 9.17) is 18.6 Å². The number of ether oxygens (including phenoxy) is 3. The molecule has 1 atom stereocenters. The van der Waals surface area contributed by atoms with E-state index >= 15 is 0 Å². The Kier molecular flexibility index (Phi) is 7.58. The van der Waals surface area contributed by atoms with Crippen LogP contribution in [-0.2, 0) is 9.53 Å². The van der Waals surface area contributed by atoms with Crippen molar-refractivity contribution in [1.29, 1.82) is 0 Å². The van der Waals surface area contributed by atoms with Crippen molar-refractivity contribution in [2.45, 2.75) is 19.9 Å². The standard InChI is InChI=1S/C29H25N3O8S/c1-5-39-28(34)25-16(2)30-29-31(26(25)20-8-6-7-9-22(20)38-4)27(33)24(41-29)15-18-11-13-23(40-18)19-12-10-17(37-3)14-21(19)32(35)36/h6-15,26H,5H2,1-4H3/b24-15+. The number of hydrogen-bond donors (Lipinski definition) is 0. The van der Waals surface area contributed by atoms with E-state index in [0.717, 1.165) is 11.3 Å². The first kappa shape index (κ1) is 27.6. The minimum absolute atomic E-state index is 0.159. The summed E-state index contributed by atoms with van der Waals surface area (Å²) in [5.41, 5.74) is 0.965. The van der Waals surface area contributed by atoms with Crippen LogP contribution < -0.4 is 24.4 Å². The minimum Gasteiger partial charge on any atom is -0.497 e. The molecule has 0 saturated heterocycles. The third kappa shape index (κ3) is 5.05. The number of carbonyl (C=O) groups is 1. The number of nitro groups is 1. The Morgan fingerprint density at radius 3 is 2.66 bits per heavy atom. The molecule has 0 saturated carbocycles. The summed E-state index contributed by atoms with van der Waals surface area (Å²) in [6, 6.07) is 14.0. The van der Waals surface area contributed by atoms with Gasteiger partial charge in [0.2, 0.25) is 0 Å². The number of furan rings is 1. The number of nitro benzene ring substituents is 1. The monoisotopic (exact) mass is 575 g/mol.